The number of carbonyl (C=O) groups is 1. The maximum absolute atomic E-state index is 13.0. The number of anilines is 1. The number of halogens is 7. The number of aromatic nitrogens is 2. The minimum absolute atomic E-state index is 0.0524. The molecule has 32 heavy (non-hydrogen) atoms. The van der Waals surface area contributed by atoms with Crippen LogP contribution in [-0.2, 0) is 23.7 Å². The van der Waals surface area contributed by atoms with Crippen molar-refractivity contribution in [1.29, 1.82) is 0 Å². The monoisotopic (exact) mass is 519 g/mol. The number of amides is 1. The van der Waals surface area contributed by atoms with E-state index in [1.807, 2.05) is 5.32 Å². The lowest BCUT2D eigenvalue weighted by atomic mass is 10.1. The van der Waals surface area contributed by atoms with Gasteiger partial charge in [-0.2, -0.15) is 31.4 Å². The molecule has 1 amide bonds. The van der Waals surface area contributed by atoms with Crippen LogP contribution in [0.2, 0.25) is 0 Å². The summed E-state index contributed by atoms with van der Waals surface area (Å²) in [6, 6.07) is 10.1. The number of nitrogens with one attached hydrogen (secondary N) is 1. The van der Waals surface area contributed by atoms with E-state index < -0.39 is 47.2 Å². The maximum Gasteiger partial charge on any atom is 0.416 e. The summed E-state index contributed by atoms with van der Waals surface area (Å²) in [6.07, 6.45) is -10.1. The topological polar surface area (TPSA) is 64.0 Å². The largest absolute Gasteiger partial charge is 0.416 e. The summed E-state index contributed by atoms with van der Waals surface area (Å²) in [5.74, 6) is -1.03. The molecule has 0 unspecified atom stereocenters. The van der Waals surface area contributed by atoms with E-state index in [4.69, 9.17) is 0 Å². The lowest BCUT2D eigenvalue weighted by molar-refractivity contribution is -0.143. The van der Waals surface area contributed by atoms with Gasteiger partial charge in [-0.3, -0.25) is 9.59 Å². The van der Waals surface area contributed by atoms with Crippen LogP contribution in [-0.4, -0.2) is 15.7 Å². The van der Waals surface area contributed by atoms with Crippen molar-refractivity contribution >= 4 is 27.5 Å². The Balaban J connectivity index is 1.87. The minimum atomic E-state index is -5.06. The predicted octanol–water partition coefficient (Wildman–Crippen LogP) is 5.35. The van der Waals surface area contributed by atoms with Crippen molar-refractivity contribution in [2.24, 2.45) is 0 Å². The van der Waals surface area contributed by atoms with Crippen LogP contribution >= 0.6 is 15.9 Å². The normalized spacial score (nSPS) is 12.0. The van der Waals surface area contributed by atoms with Gasteiger partial charge in [0.1, 0.15) is 6.54 Å². The van der Waals surface area contributed by atoms with E-state index in [1.165, 1.54) is 6.07 Å². The second kappa shape index (κ2) is 8.77. The molecule has 0 aliphatic carbocycles. The number of carbonyl (C=O) groups excluding carboxylic acids is 1. The molecule has 3 aromatic rings. The van der Waals surface area contributed by atoms with E-state index in [-0.39, 0.29) is 6.07 Å². The third-order valence-electron chi connectivity index (χ3n) is 4.15. The minimum Gasteiger partial charge on any atom is -0.324 e. The second-order valence-electron chi connectivity index (χ2n) is 6.57. The van der Waals surface area contributed by atoms with E-state index in [9.17, 15) is 35.9 Å². The molecule has 0 spiro atoms. The Hall–Kier alpha value is -3.15. The summed E-state index contributed by atoms with van der Waals surface area (Å²) >= 11 is 3.29. The highest BCUT2D eigenvalue weighted by Crippen LogP contribution is 2.37. The average Bonchev–Trinajstić information content (AvgIpc) is 2.68. The number of hydrogen-bond acceptors (Lipinski definition) is 3. The van der Waals surface area contributed by atoms with Gasteiger partial charge in [0.05, 0.1) is 16.8 Å². The zero-order valence-electron chi connectivity index (χ0n) is 15.8. The first-order valence-corrected chi connectivity index (χ1v) is 9.56. The fourth-order valence-corrected chi connectivity index (χ4v) is 3.13. The van der Waals surface area contributed by atoms with Gasteiger partial charge in [-0.15, -0.1) is 0 Å². The lowest BCUT2D eigenvalue weighted by Crippen LogP contribution is -2.29. The molecule has 168 valence electrons. The molecule has 0 radical (unpaired) electrons. The molecule has 1 heterocycles. The molecule has 1 N–H and O–H groups in total. The van der Waals surface area contributed by atoms with E-state index in [2.05, 4.69) is 21.0 Å². The van der Waals surface area contributed by atoms with Crippen molar-refractivity contribution in [3.8, 4) is 11.3 Å². The summed E-state index contributed by atoms with van der Waals surface area (Å²) in [7, 11) is 0. The van der Waals surface area contributed by atoms with Gasteiger partial charge in [0, 0.05) is 21.8 Å². The van der Waals surface area contributed by atoms with E-state index >= 15 is 0 Å². The Kier molecular flexibility index (Phi) is 6.44. The third-order valence-corrected chi connectivity index (χ3v) is 4.65. The van der Waals surface area contributed by atoms with Crippen molar-refractivity contribution in [1.82, 2.24) is 9.78 Å². The number of rotatable bonds is 4. The van der Waals surface area contributed by atoms with Crippen molar-refractivity contribution in [2.45, 2.75) is 18.9 Å². The van der Waals surface area contributed by atoms with Crippen LogP contribution in [0.15, 0.2) is 63.9 Å². The highest BCUT2D eigenvalue weighted by atomic mass is 79.9. The van der Waals surface area contributed by atoms with Gasteiger partial charge in [0.25, 0.3) is 5.56 Å². The Morgan fingerprint density at radius 2 is 1.56 bits per heavy atom. The van der Waals surface area contributed by atoms with Crippen LogP contribution in [0.1, 0.15) is 11.1 Å². The summed E-state index contributed by atoms with van der Waals surface area (Å²) in [4.78, 5) is 24.3. The van der Waals surface area contributed by atoms with E-state index in [1.54, 1.807) is 24.3 Å². The molecule has 0 aliphatic heterocycles. The first-order chi connectivity index (χ1) is 14.8. The standard InChI is InChI=1S/C20H12BrF6N3O2/c21-14-3-1-2-11(6-14)16-4-5-18(32)30(29-16)10-17(31)28-15-8-12(19(22,23)24)7-13(9-15)20(25,26)27/h1-9H,10H2,(H,28,31). The van der Waals surface area contributed by atoms with Crippen molar-refractivity contribution < 1.29 is 31.1 Å². The summed E-state index contributed by atoms with van der Waals surface area (Å²) < 4.78 is 79.3. The Morgan fingerprint density at radius 1 is 0.938 bits per heavy atom. The maximum atomic E-state index is 13.0. The molecule has 0 atom stereocenters. The van der Waals surface area contributed by atoms with Crippen LogP contribution in [0.5, 0.6) is 0 Å². The highest BCUT2D eigenvalue weighted by molar-refractivity contribution is 9.10. The second-order valence-corrected chi connectivity index (χ2v) is 7.48. The highest BCUT2D eigenvalue weighted by Gasteiger charge is 2.37. The third kappa shape index (κ3) is 5.75. The molecular formula is C20H12BrF6N3O2. The van der Waals surface area contributed by atoms with Crippen LogP contribution in [0.3, 0.4) is 0 Å². The summed E-state index contributed by atoms with van der Waals surface area (Å²) in [5.41, 5.74) is -3.60. The zero-order chi connectivity index (χ0) is 23.7. The zero-order valence-corrected chi connectivity index (χ0v) is 17.3. The van der Waals surface area contributed by atoms with Gasteiger partial charge < -0.3 is 5.32 Å². The molecule has 0 saturated heterocycles. The molecule has 0 saturated carbocycles. The number of benzene rings is 2. The molecule has 0 fully saturated rings. The smallest absolute Gasteiger partial charge is 0.324 e. The Bertz CT molecular complexity index is 1190. The van der Waals surface area contributed by atoms with Gasteiger partial charge in [-0.1, -0.05) is 28.1 Å². The first-order valence-electron chi connectivity index (χ1n) is 8.76. The van der Waals surface area contributed by atoms with Crippen LogP contribution in [0.4, 0.5) is 32.0 Å². The average molecular weight is 520 g/mol. The quantitative estimate of drug-likeness (QED) is 0.472. The first kappa shape index (κ1) is 23.5. The van der Waals surface area contributed by atoms with Crippen molar-refractivity contribution in [3.63, 3.8) is 0 Å². The molecule has 0 bridgehead atoms. The van der Waals surface area contributed by atoms with Crippen LogP contribution < -0.4 is 10.9 Å². The van der Waals surface area contributed by atoms with Gasteiger partial charge in [-0.25, -0.2) is 4.68 Å². The molecule has 12 heteroatoms. The predicted molar refractivity (Wildman–Crippen MR) is 107 cm³/mol. The SMILES string of the molecule is O=C(Cn1nc(-c2cccc(Br)c2)ccc1=O)Nc1cc(C(F)(F)F)cc(C(F)(F)F)c1. The fourth-order valence-electron chi connectivity index (χ4n) is 2.73. The van der Waals surface area contributed by atoms with Gasteiger partial charge in [0.2, 0.25) is 5.91 Å². The molecule has 5 nitrogen and oxygen atoms in total. The van der Waals surface area contributed by atoms with Crippen molar-refractivity contribution in [2.75, 3.05) is 5.32 Å². The van der Waals surface area contributed by atoms with Crippen LogP contribution in [0, 0.1) is 0 Å². The summed E-state index contributed by atoms with van der Waals surface area (Å²) in [5, 5.41) is 6.01. The van der Waals surface area contributed by atoms with E-state index in [0.29, 0.717) is 23.4 Å². The molecule has 0 aliphatic rings. The fraction of sp³-hybridized carbons (Fsp3) is 0.150. The number of nitrogens with zero attached hydrogens (tertiary/aromatic N) is 2. The molecule has 3 rings (SSSR count). The van der Waals surface area contributed by atoms with Gasteiger partial charge in [-0.05, 0) is 36.4 Å². The van der Waals surface area contributed by atoms with Gasteiger partial charge >= 0.3 is 12.4 Å². The molecule has 1 aromatic heterocycles. The number of alkyl halides is 6. The van der Waals surface area contributed by atoms with E-state index in [0.717, 1.165) is 15.2 Å². The number of hydrogen-bond donors (Lipinski definition) is 1. The lowest BCUT2D eigenvalue weighted by Gasteiger charge is -2.15. The Morgan fingerprint density at radius 3 is 2.12 bits per heavy atom. The Labute approximate surface area is 184 Å². The molecular weight excluding hydrogens is 508 g/mol. The van der Waals surface area contributed by atoms with Crippen LogP contribution in [0.25, 0.3) is 11.3 Å². The van der Waals surface area contributed by atoms with Crippen molar-refractivity contribution in [3.05, 3.63) is 80.6 Å². The molecule has 2 aromatic carbocycles. The van der Waals surface area contributed by atoms with Gasteiger partial charge in [0.15, 0.2) is 0 Å². The summed E-state index contributed by atoms with van der Waals surface area (Å²) in [6.45, 7) is -0.724.